The van der Waals surface area contributed by atoms with Crippen LogP contribution in [-0.2, 0) is 35.7 Å². The third-order valence-electron chi connectivity index (χ3n) is 6.01. The molecule has 2 aromatic rings. The van der Waals surface area contributed by atoms with Crippen LogP contribution in [0.1, 0.15) is 48.0 Å². The molecule has 188 valence electrons. The molecule has 1 aromatic heterocycles. The lowest BCUT2D eigenvalue weighted by Gasteiger charge is -2.32. The van der Waals surface area contributed by atoms with Gasteiger partial charge in [-0.25, -0.2) is 9.36 Å². The van der Waals surface area contributed by atoms with Gasteiger partial charge in [-0.1, -0.05) is 6.07 Å². The van der Waals surface area contributed by atoms with Gasteiger partial charge in [-0.2, -0.15) is 13.8 Å². The Kier molecular flexibility index (Phi) is 6.13. The van der Waals surface area contributed by atoms with Crippen molar-refractivity contribution in [2.24, 2.45) is 0 Å². The van der Waals surface area contributed by atoms with Crippen molar-refractivity contribution in [3.05, 3.63) is 57.6 Å². The maximum absolute atomic E-state index is 15.2. The number of amides is 1. The van der Waals surface area contributed by atoms with Crippen molar-refractivity contribution < 1.29 is 36.4 Å². The van der Waals surface area contributed by atoms with E-state index in [0.29, 0.717) is 10.1 Å². The van der Waals surface area contributed by atoms with E-state index in [4.69, 9.17) is 18.3 Å². The number of carbonyl (C=O) groups excluding carboxylic acids is 1. The summed E-state index contributed by atoms with van der Waals surface area (Å²) >= 11 is 0. The zero-order valence-corrected chi connectivity index (χ0v) is 19.9. The number of anilines is 1. The van der Waals surface area contributed by atoms with Crippen molar-refractivity contribution in [1.29, 1.82) is 0 Å². The van der Waals surface area contributed by atoms with Gasteiger partial charge in [-0.3, -0.25) is 22.9 Å². The standard InChI is InChI=1S/C22H24F2N3O7P/c1-12(2)33-35(30)31-11-16-18(34-35)22(23,24)20(32-16)27-9-8-17(26-21(27)29)25-19(28)15-7-6-13-4-3-5-14(13)10-15/h6-10,12,16,18,20H,3-5,11H2,1-2H3,(H,25,26,28,29)/t16-,18-,20?,35?/m1/s1. The smallest absolute Gasteiger partial charge is 0.343 e. The second-order valence-corrected chi connectivity index (χ2v) is 10.5. The minimum absolute atomic E-state index is 0.0927. The molecule has 2 fully saturated rings. The first-order valence-electron chi connectivity index (χ1n) is 11.2. The number of aromatic nitrogens is 2. The van der Waals surface area contributed by atoms with Gasteiger partial charge >= 0.3 is 19.4 Å². The summed E-state index contributed by atoms with van der Waals surface area (Å²) in [6.45, 7) is 2.65. The monoisotopic (exact) mass is 511 g/mol. The van der Waals surface area contributed by atoms with Gasteiger partial charge in [-0.15, -0.1) is 0 Å². The molecule has 0 saturated carbocycles. The number of carbonyl (C=O) groups is 1. The third-order valence-corrected chi connectivity index (χ3v) is 7.64. The Balaban J connectivity index is 1.33. The summed E-state index contributed by atoms with van der Waals surface area (Å²) in [4.78, 5) is 28.9. The van der Waals surface area contributed by atoms with Crippen LogP contribution in [0.5, 0.6) is 0 Å². The van der Waals surface area contributed by atoms with Crippen molar-refractivity contribution >= 4 is 19.5 Å². The Morgan fingerprint density at radius 2 is 2.06 bits per heavy atom. The average Bonchev–Trinajstić information content (AvgIpc) is 3.35. The summed E-state index contributed by atoms with van der Waals surface area (Å²) in [7, 11) is -4.22. The topological polar surface area (TPSA) is 118 Å². The maximum Gasteiger partial charge on any atom is 0.475 e. The van der Waals surface area contributed by atoms with Crippen molar-refractivity contribution in [2.75, 3.05) is 11.9 Å². The van der Waals surface area contributed by atoms with E-state index in [0.717, 1.165) is 31.0 Å². The van der Waals surface area contributed by atoms with E-state index in [2.05, 4.69) is 10.3 Å². The molecule has 10 nitrogen and oxygen atoms in total. The number of ether oxygens (including phenoxy) is 1. The number of hydrogen-bond acceptors (Lipinski definition) is 8. The average molecular weight is 511 g/mol. The number of benzene rings is 1. The number of hydrogen-bond donors (Lipinski definition) is 1. The number of alkyl halides is 2. The maximum atomic E-state index is 15.2. The van der Waals surface area contributed by atoms with Crippen LogP contribution >= 0.6 is 7.82 Å². The molecule has 13 heteroatoms. The van der Waals surface area contributed by atoms with E-state index in [1.165, 1.54) is 11.6 Å². The first kappa shape index (κ1) is 24.2. The Morgan fingerprint density at radius 1 is 1.29 bits per heavy atom. The number of nitrogens with zero attached hydrogens (tertiary/aromatic N) is 2. The Morgan fingerprint density at radius 3 is 2.80 bits per heavy atom. The molecule has 1 amide bonds. The highest BCUT2D eigenvalue weighted by Crippen LogP contribution is 2.60. The number of phosphoric acid groups is 1. The molecule has 2 aliphatic heterocycles. The van der Waals surface area contributed by atoms with Crippen LogP contribution in [0.15, 0.2) is 35.3 Å². The van der Waals surface area contributed by atoms with Crippen molar-refractivity contribution in [3.8, 4) is 0 Å². The molecule has 4 atom stereocenters. The Bertz CT molecular complexity index is 1270. The van der Waals surface area contributed by atoms with E-state index >= 15 is 8.78 Å². The Labute approximate surface area is 199 Å². The summed E-state index contributed by atoms with van der Waals surface area (Å²) in [6.07, 6.45) is -1.92. The molecule has 5 rings (SSSR count). The molecule has 1 N–H and O–H groups in total. The number of nitrogens with one attached hydrogen (secondary N) is 1. The predicted molar refractivity (Wildman–Crippen MR) is 118 cm³/mol. The van der Waals surface area contributed by atoms with Crippen LogP contribution in [0.25, 0.3) is 0 Å². The van der Waals surface area contributed by atoms with Crippen molar-refractivity contribution in [1.82, 2.24) is 9.55 Å². The van der Waals surface area contributed by atoms with E-state index in [-0.39, 0.29) is 5.82 Å². The molecular weight excluding hydrogens is 487 g/mol. The molecule has 0 spiro atoms. The summed E-state index contributed by atoms with van der Waals surface area (Å²) < 4.78 is 64.0. The second kappa shape index (κ2) is 8.86. The van der Waals surface area contributed by atoms with E-state index in [9.17, 15) is 14.2 Å². The number of phosphoric ester groups is 1. The zero-order chi connectivity index (χ0) is 25.0. The van der Waals surface area contributed by atoms with E-state index < -0.39 is 56.5 Å². The summed E-state index contributed by atoms with van der Waals surface area (Å²) in [5.74, 6) is -4.31. The van der Waals surface area contributed by atoms with Crippen LogP contribution < -0.4 is 11.0 Å². The fourth-order valence-electron chi connectivity index (χ4n) is 4.44. The lowest BCUT2D eigenvalue weighted by Crippen LogP contribution is -2.45. The molecular formula is C22H24F2N3O7P. The molecule has 35 heavy (non-hydrogen) atoms. The van der Waals surface area contributed by atoms with Crippen LogP contribution in [0, 0.1) is 0 Å². The van der Waals surface area contributed by atoms with Crippen LogP contribution in [0.3, 0.4) is 0 Å². The highest BCUT2D eigenvalue weighted by molar-refractivity contribution is 7.48. The zero-order valence-electron chi connectivity index (χ0n) is 19.0. The molecule has 1 aromatic carbocycles. The van der Waals surface area contributed by atoms with E-state index in [1.54, 1.807) is 26.0 Å². The second-order valence-electron chi connectivity index (χ2n) is 8.92. The van der Waals surface area contributed by atoms with Gasteiger partial charge in [0.2, 0.25) is 6.23 Å². The van der Waals surface area contributed by atoms with Gasteiger partial charge < -0.3 is 10.1 Å². The van der Waals surface area contributed by atoms with E-state index in [1.807, 2.05) is 6.07 Å². The summed E-state index contributed by atoms with van der Waals surface area (Å²) in [5, 5.41) is 2.52. The number of aryl methyl sites for hydroxylation is 2. The van der Waals surface area contributed by atoms with Gasteiger partial charge in [0.25, 0.3) is 5.91 Å². The summed E-state index contributed by atoms with van der Waals surface area (Å²) in [5.41, 5.74) is 1.67. The van der Waals surface area contributed by atoms with Crippen LogP contribution in [-0.4, -0.2) is 46.3 Å². The van der Waals surface area contributed by atoms with Crippen LogP contribution in [0.4, 0.5) is 14.6 Å². The number of rotatable bonds is 5. The highest BCUT2D eigenvalue weighted by Gasteiger charge is 2.65. The van der Waals surface area contributed by atoms with Crippen LogP contribution in [0.2, 0.25) is 0 Å². The SMILES string of the molecule is CC(C)OP1(=O)OC[C@H]2OC(n3ccc(NC(=O)c4ccc5c(c4)CCC5)nc3=O)C(F)(F)[C@@H]2O1. The normalized spacial score (nSPS) is 29.1. The Hall–Kier alpha value is -2.50. The fourth-order valence-corrected chi connectivity index (χ4v) is 6.01. The molecule has 2 unspecified atom stereocenters. The molecule has 1 aliphatic carbocycles. The first-order valence-corrected chi connectivity index (χ1v) is 12.7. The molecule has 0 radical (unpaired) electrons. The molecule has 0 bridgehead atoms. The minimum Gasteiger partial charge on any atom is -0.343 e. The molecule has 3 heterocycles. The lowest BCUT2D eigenvalue weighted by atomic mass is 10.1. The first-order chi connectivity index (χ1) is 16.6. The summed E-state index contributed by atoms with van der Waals surface area (Å²) in [6, 6.07) is 6.62. The number of fused-ring (bicyclic) bond motifs is 2. The quantitative estimate of drug-likeness (QED) is 0.607. The van der Waals surface area contributed by atoms with Gasteiger partial charge in [0.15, 0.2) is 6.10 Å². The van der Waals surface area contributed by atoms with Crippen molar-refractivity contribution in [3.63, 3.8) is 0 Å². The van der Waals surface area contributed by atoms with Gasteiger partial charge in [-0.05, 0) is 62.4 Å². The third kappa shape index (κ3) is 4.56. The van der Waals surface area contributed by atoms with Gasteiger partial charge in [0, 0.05) is 11.8 Å². The fraction of sp³-hybridized carbons (Fsp3) is 0.500. The van der Waals surface area contributed by atoms with Gasteiger partial charge in [0.1, 0.15) is 11.9 Å². The van der Waals surface area contributed by atoms with Gasteiger partial charge in [0.05, 0.1) is 12.7 Å². The molecule has 2 saturated heterocycles. The predicted octanol–water partition coefficient (Wildman–Crippen LogP) is 3.47. The minimum atomic E-state index is -4.22. The van der Waals surface area contributed by atoms with Crippen molar-refractivity contribution in [2.45, 2.75) is 63.6 Å². The largest absolute Gasteiger partial charge is 0.475 e. The lowest BCUT2D eigenvalue weighted by molar-refractivity contribution is -0.139. The molecule has 3 aliphatic rings. The number of halogens is 2. The highest BCUT2D eigenvalue weighted by atomic mass is 31.2.